The van der Waals surface area contributed by atoms with Gasteiger partial charge in [-0.05, 0) is 34.1 Å². The highest BCUT2D eigenvalue weighted by atomic mass is 79.9. The zero-order valence-electron chi connectivity index (χ0n) is 9.11. The van der Waals surface area contributed by atoms with Crippen LogP contribution in [-0.2, 0) is 4.79 Å². The molecule has 0 bridgehead atoms. The first-order chi connectivity index (χ1) is 8.40. The van der Waals surface area contributed by atoms with Gasteiger partial charge < -0.3 is 5.11 Å². The van der Waals surface area contributed by atoms with Crippen molar-refractivity contribution in [2.24, 2.45) is 0 Å². The Morgan fingerprint density at radius 1 is 1.44 bits per heavy atom. The number of carbonyl (C=O) groups is 1. The lowest BCUT2D eigenvalue weighted by Crippen LogP contribution is -2.22. The SMILES string of the molecule is CN1C(=O)C(=Cc2cc(Br)cc(Br)c2O)SC1=S. The lowest BCUT2D eigenvalue weighted by Gasteiger charge is -2.05. The molecule has 7 heteroatoms. The second-order valence-corrected chi connectivity index (χ2v) is 7.01. The Hall–Kier alpha value is -0.370. The Balaban J connectivity index is 2.46. The van der Waals surface area contributed by atoms with E-state index in [1.807, 2.05) is 0 Å². The van der Waals surface area contributed by atoms with Gasteiger partial charge in [0.25, 0.3) is 5.91 Å². The molecule has 2 rings (SSSR count). The van der Waals surface area contributed by atoms with E-state index in [4.69, 9.17) is 12.2 Å². The van der Waals surface area contributed by atoms with Crippen LogP contribution in [0.3, 0.4) is 0 Å². The molecule has 1 aliphatic heterocycles. The van der Waals surface area contributed by atoms with Crippen LogP contribution in [-0.4, -0.2) is 27.3 Å². The van der Waals surface area contributed by atoms with E-state index in [9.17, 15) is 9.90 Å². The Labute approximate surface area is 130 Å². The zero-order valence-corrected chi connectivity index (χ0v) is 13.9. The molecule has 1 saturated heterocycles. The van der Waals surface area contributed by atoms with E-state index in [1.54, 1.807) is 25.3 Å². The summed E-state index contributed by atoms with van der Waals surface area (Å²) in [4.78, 5) is 13.8. The summed E-state index contributed by atoms with van der Waals surface area (Å²) in [5, 5.41) is 9.92. The van der Waals surface area contributed by atoms with Crippen LogP contribution in [0.1, 0.15) is 5.56 Å². The van der Waals surface area contributed by atoms with E-state index in [-0.39, 0.29) is 11.7 Å². The first-order valence-corrected chi connectivity index (χ1v) is 7.61. The molecule has 1 aromatic rings. The maximum Gasteiger partial charge on any atom is 0.265 e. The fraction of sp³-hybridized carbons (Fsp3) is 0.0909. The highest BCUT2D eigenvalue weighted by Crippen LogP contribution is 2.37. The van der Waals surface area contributed by atoms with Gasteiger partial charge in [-0.15, -0.1) is 0 Å². The highest BCUT2D eigenvalue weighted by Gasteiger charge is 2.29. The molecule has 0 spiro atoms. The van der Waals surface area contributed by atoms with Crippen molar-refractivity contribution in [1.29, 1.82) is 0 Å². The topological polar surface area (TPSA) is 40.5 Å². The number of likely N-dealkylation sites (N-methyl/N-ethyl adjacent to an activating group) is 1. The normalized spacial score (nSPS) is 17.9. The van der Waals surface area contributed by atoms with Crippen LogP contribution in [0.2, 0.25) is 0 Å². The average molecular weight is 409 g/mol. The molecule has 0 aromatic heterocycles. The van der Waals surface area contributed by atoms with Crippen molar-refractivity contribution in [3.63, 3.8) is 0 Å². The molecule has 94 valence electrons. The van der Waals surface area contributed by atoms with Gasteiger partial charge in [0, 0.05) is 17.1 Å². The number of phenols is 1. The van der Waals surface area contributed by atoms with E-state index >= 15 is 0 Å². The van der Waals surface area contributed by atoms with Gasteiger partial charge >= 0.3 is 0 Å². The van der Waals surface area contributed by atoms with Crippen LogP contribution in [0.5, 0.6) is 5.75 Å². The molecule has 18 heavy (non-hydrogen) atoms. The minimum absolute atomic E-state index is 0.0968. The summed E-state index contributed by atoms with van der Waals surface area (Å²) in [5.74, 6) is -0.0555. The summed E-state index contributed by atoms with van der Waals surface area (Å²) < 4.78 is 1.89. The Kier molecular flexibility index (Phi) is 4.15. The van der Waals surface area contributed by atoms with Crippen LogP contribution >= 0.6 is 55.8 Å². The molecule has 1 fully saturated rings. The number of amides is 1. The minimum atomic E-state index is -0.152. The molecule has 0 atom stereocenters. The molecule has 0 aliphatic carbocycles. The van der Waals surface area contributed by atoms with Gasteiger partial charge in [0.15, 0.2) is 0 Å². The molecule has 3 nitrogen and oxygen atoms in total. The summed E-state index contributed by atoms with van der Waals surface area (Å²) in [6.07, 6.45) is 1.63. The minimum Gasteiger partial charge on any atom is -0.506 e. The van der Waals surface area contributed by atoms with Gasteiger partial charge in [-0.2, -0.15) is 0 Å². The third kappa shape index (κ3) is 2.64. The second-order valence-electron chi connectivity index (χ2n) is 3.57. The lowest BCUT2D eigenvalue weighted by molar-refractivity contribution is -0.121. The van der Waals surface area contributed by atoms with Crippen LogP contribution < -0.4 is 0 Å². The number of benzene rings is 1. The number of thioether (sulfide) groups is 1. The van der Waals surface area contributed by atoms with Gasteiger partial charge in [-0.25, -0.2) is 0 Å². The van der Waals surface area contributed by atoms with Gasteiger partial charge in [0.2, 0.25) is 0 Å². The standard InChI is InChI=1S/C11H7Br2NO2S2/c1-14-10(16)8(18-11(14)17)3-5-2-6(12)4-7(13)9(5)15/h2-4,15H,1H3. The van der Waals surface area contributed by atoms with E-state index < -0.39 is 0 Å². The van der Waals surface area contributed by atoms with E-state index in [1.165, 1.54) is 16.7 Å². The number of thiocarbonyl (C=S) groups is 1. The third-order valence-electron chi connectivity index (χ3n) is 2.33. The lowest BCUT2D eigenvalue weighted by atomic mass is 10.2. The summed E-state index contributed by atoms with van der Waals surface area (Å²) in [6, 6.07) is 3.47. The number of hydrogen-bond acceptors (Lipinski definition) is 4. The van der Waals surface area contributed by atoms with Crippen LogP contribution in [0.15, 0.2) is 26.0 Å². The van der Waals surface area contributed by atoms with Crippen molar-refractivity contribution in [3.8, 4) is 5.75 Å². The van der Waals surface area contributed by atoms with Crippen LogP contribution in [0.25, 0.3) is 6.08 Å². The average Bonchev–Trinajstić information content (AvgIpc) is 2.53. The number of rotatable bonds is 1. The third-order valence-corrected chi connectivity index (χ3v) is 4.88. The fourth-order valence-corrected chi connectivity index (χ4v) is 3.81. The number of aromatic hydroxyl groups is 1. The number of carbonyl (C=O) groups excluding carboxylic acids is 1. The summed E-state index contributed by atoms with van der Waals surface area (Å²) in [7, 11) is 1.63. The molecule has 1 amide bonds. The smallest absolute Gasteiger partial charge is 0.265 e. The maximum atomic E-state index is 11.8. The predicted molar refractivity (Wildman–Crippen MR) is 84.4 cm³/mol. The second kappa shape index (κ2) is 5.32. The van der Waals surface area contributed by atoms with Crippen molar-refractivity contribution < 1.29 is 9.90 Å². The van der Waals surface area contributed by atoms with Crippen LogP contribution in [0.4, 0.5) is 0 Å². The van der Waals surface area contributed by atoms with Crippen LogP contribution in [0, 0.1) is 0 Å². The predicted octanol–water partition coefficient (Wildman–Crippen LogP) is 3.75. The molecule has 0 radical (unpaired) electrons. The van der Waals surface area contributed by atoms with Gasteiger partial charge in [0.05, 0.1) is 9.38 Å². The largest absolute Gasteiger partial charge is 0.506 e. The molecule has 0 unspecified atom stereocenters. The van der Waals surface area contributed by atoms with Crippen molar-refractivity contribution in [1.82, 2.24) is 4.90 Å². The molecular formula is C11H7Br2NO2S2. The number of hydrogen-bond donors (Lipinski definition) is 1. The highest BCUT2D eigenvalue weighted by molar-refractivity contribution is 9.11. The molecule has 1 N–H and O–H groups in total. The zero-order chi connectivity index (χ0) is 13.4. The first kappa shape index (κ1) is 14.0. The fourth-order valence-electron chi connectivity index (χ4n) is 1.38. The van der Waals surface area contributed by atoms with Gasteiger partial charge in [-0.3, -0.25) is 9.69 Å². The Bertz CT molecular complexity index is 587. The number of nitrogens with zero attached hydrogens (tertiary/aromatic N) is 1. The van der Waals surface area contributed by atoms with E-state index in [2.05, 4.69) is 31.9 Å². The number of phenolic OH excluding ortho intramolecular Hbond substituents is 1. The van der Waals surface area contributed by atoms with Crippen molar-refractivity contribution >= 4 is 72.1 Å². The summed E-state index contributed by atoms with van der Waals surface area (Å²) in [5.41, 5.74) is 0.560. The molecular weight excluding hydrogens is 402 g/mol. The summed E-state index contributed by atoms with van der Waals surface area (Å²) in [6.45, 7) is 0. The molecule has 1 aromatic carbocycles. The maximum absolute atomic E-state index is 11.8. The van der Waals surface area contributed by atoms with E-state index in [0.717, 1.165) is 4.47 Å². The monoisotopic (exact) mass is 407 g/mol. The van der Waals surface area contributed by atoms with Crippen molar-refractivity contribution in [2.75, 3.05) is 7.05 Å². The van der Waals surface area contributed by atoms with E-state index in [0.29, 0.717) is 19.3 Å². The Morgan fingerprint density at radius 2 is 2.11 bits per heavy atom. The van der Waals surface area contributed by atoms with Crippen molar-refractivity contribution in [2.45, 2.75) is 0 Å². The Morgan fingerprint density at radius 3 is 2.67 bits per heavy atom. The quantitative estimate of drug-likeness (QED) is 0.567. The molecule has 0 saturated carbocycles. The first-order valence-electron chi connectivity index (χ1n) is 4.79. The van der Waals surface area contributed by atoms with Gasteiger partial charge in [0.1, 0.15) is 10.1 Å². The number of halogens is 2. The molecule has 1 heterocycles. The molecule has 1 aliphatic rings. The van der Waals surface area contributed by atoms with Crippen molar-refractivity contribution in [3.05, 3.63) is 31.5 Å². The summed E-state index contributed by atoms with van der Waals surface area (Å²) >= 11 is 12.9. The van der Waals surface area contributed by atoms with Gasteiger partial charge in [-0.1, -0.05) is 39.9 Å².